The number of aldehydes is 1. The molecule has 2 atom stereocenters. The summed E-state index contributed by atoms with van der Waals surface area (Å²) in [5, 5.41) is 11.7. The van der Waals surface area contributed by atoms with E-state index in [2.05, 4.69) is 55.6 Å². The van der Waals surface area contributed by atoms with Crippen LogP contribution in [0.5, 0.6) is 0 Å². The summed E-state index contributed by atoms with van der Waals surface area (Å²) in [6, 6.07) is 12.0. The normalized spacial score (nSPS) is 15.8. The molecule has 2 aliphatic heterocycles. The van der Waals surface area contributed by atoms with Crippen LogP contribution in [-0.2, 0) is 22.7 Å². The van der Waals surface area contributed by atoms with E-state index < -0.39 is 17.8 Å². The molecule has 3 aromatic heterocycles. The van der Waals surface area contributed by atoms with Crippen LogP contribution in [-0.4, -0.2) is 80.2 Å². The van der Waals surface area contributed by atoms with Crippen molar-refractivity contribution < 1.29 is 23.6 Å². The van der Waals surface area contributed by atoms with E-state index in [0.717, 1.165) is 97.4 Å². The van der Waals surface area contributed by atoms with Gasteiger partial charge in [-0.05, 0) is 88.5 Å². The molecule has 0 saturated carbocycles. The molecule has 3 amide bonds. The van der Waals surface area contributed by atoms with Crippen molar-refractivity contribution in [3.63, 3.8) is 0 Å². The third kappa shape index (κ3) is 8.61. The summed E-state index contributed by atoms with van der Waals surface area (Å²) in [5.74, 6) is 5.30. The Morgan fingerprint density at radius 2 is 1.95 bits per heavy atom. The minimum atomic E-state index is -0.668. The molecule has 12 nitrogen and oxygen atoms in total. The lowest BCUT2D eigenvalue weighted by molar-refractivity contribution is -0.121. The first-order valence-electron chi connectivity index (χ1n) is 19.9. The van der Waals surface area contributed by atoms with Crippen LogP contribution in [0.25, 0.3) is 21.8 Å². The summed E-state index contributed by atoms with van der Waals surface area (Å²) >= 11 is 0. The number of nitrogens with one attached hydrogen (secondary N) is 3. The Kier molecular flexibility index (Phi) is 12.1. The molecule has 0 bridgehead atoms. The molecule has 2 aromatic carbocycles. The quantitative estimate of drug-likeness (QED) is 0.0602. The van der Waals surface area contributed by atoms with E-state index in [4.69, 9.17) is 0 Å². The van der Waals surface area contributed by atoms with Gasteiger partial charge in [0.25, 0.3) is 11.8 Å². The van der Waals surface area contributed by atoms with Crippen molar-refractivity contribution in [3.05, 3.63) is 88.1 Å². The number of aromatic nitrogens is 4. The van der Waals surface area contributed by atoms with Crippen molar-refractivity contribution in [3.8, 4) is 11.8 Å². The van der Waals surface area contributed by atoms with Gasteiger partial charge in [-0.3, -0.25) is 24.0 Å². The van der Waals surface area contributed by atoms with Crippen LogP contribution in [0.2, 0.25) is 0 Å². The number of halogens is 1. The number of aryl methyl sites for hydroxylation is 2. The number of carbonyl (C=O) groups excluding carboxylic acids is 4. The SMILES string of the molecule is CNC(=O)CCC(C=O)N1Cc2c(C#CCCCCCCCn3nc(C)c4cc(F)c(C(=O)Nc5cc6[nH]c(C7CCCN7C)cc6cn5)cc43)cccc2C1=O. The number of benzene rings is 2. The fourth-order valence-corrected chi connectivity index (χ4v) is 8.09. The smallest absolute Gasteiger partial charge is 0.259 e. The molecule has 296 valence electrons. The highest BCUT2D eigenvalue weighted by atomic mass is 19.1. The van der Waals surface area contributed by atoms with Gasteiger partial charge in [-0.25, -0.2) is 9.37 Å². The van der Waals surface area contributed by atoms with Gasteiger partial charge in [-0.1, -0.05) is 37.2 Å². The number of fused-ring (bicyclic) bond motifs is 3. The van der Waals surface area contributed by atoms with Crippen molar-refractivity contribution in [2.75, 3.05) is 26.0 Å². The predicted molar refractivity (Wildman–Crippen MR) is 217 cm³/mol. The van der Waals surface area contributed by atoms with Crippen molar-refractivity contribution in [1.29, 1.82) is 0 Å². The van der Waals surface area contributed by atoms with E-state index in [9.17, 15) is 19.2 Å². The largest absolute Gasteiger partial charge is 0.359 e. The molecule has 2 unspecified atom stereocenters. The second-order valence-corrected chi connectivity index (χ2v) is 15.1. The molecule has 0 spiro atoms. The Bertz CT molecular complexity index is 2390. The average molecular weight is 773 g/mol. The van der Waals surface area contributed by atoms with Gasteiger partial charge in [0.15, 0.2) is 0 Å². The number of pyridine rings is 1. The Labute approximate surface area is 331 Å². The van der Waals surface area contributed by atoms with Gasteiger partial charge in [0.2, 0.25) is 5.91 Å². The number of likely N-dealkylation sites (tertiary alicyclic amines) is 1. The topological polar surface area (TPSA) is 145 Å². The molecule has 2 aliphatic rings. The van der Waals surface area contributed by atoms with Gasteiger partial charge in [0, 0.05) is 78.9 Å². The lowest BCUT2D eigenvalue weighted by Gasteiger charge is -2.22. The lowest BCUT2D eigenvalue weighted by Crippen LogP contribution is -2.37. The monoisotopic (exact) mass is 772 g/mol. The van der Waals surface area contributed by atoms with Crippen LogP contribution >= 0.6 is 0 Å². The van der Waals surface area contributed by atoms with Crippen molar-refractivity contribution in [1.82, 2.24) is 34.9 Å². The van der Waals surface area contributed by atoms with Gasteiger partial charge >= 0.3 is 0 Å². The van der Waals surface area contributed by atoms with Crippen LogP contribution in [0.3, 0.4) is 0 Å². The zero-order valence-corrected chi connectivity index (χ0v) is 32.8. The molecule has 5 aromatic rings. The Morgan fingerprint density at radius 1 is 1.12 bits per heavy atom. The van der Waals surface area contributed by atoms with Crippen LogP contribution in [0.15, 0.2) is 48.7 Å². The molecular weight excluding hydrogens is 724 g/mol. The zero-order valence-electron chi connectivity index (χ0n) is 32.8. The number of amides is 3. The number of anilines is 1. The fourth-order valence-electron chi connectivity index (χ4n) is 8.09. The number of carbonyl (C=O) groups is 4. The van der Waals surface area contributed by atoms with Gasteiger partial charge < -0.3 is 25.3 Å². The second kappa shape index (κ2) is 17.5. The molecule has 1 fully saturated rings. The summed E-state index contributed by atoms with van der Waals surface area (Å²) in [4.78, 5) is 61.7. The van der Waals surface area contributed by atoms with E-state index >= 15 is 4.39 Å². The number of unbranched alkanes of at least 4 members (excludes halogenated alkanes) is 5. The minimum absolute atomic E-state index is 0.0566. The number of H-pyrrole nitrogens is 1. The maximum Gasteiger partial charge on any atom is 0.259 e. The van der Waals surface area contributed by atoms with Crippen LogP contribution in [0.1, 0.15) is 113 Å². The maximum absolute atomic E-state index is 15.3. The van der Waals surface area contributed by atoms with Gasteiger partial charge in [-0.15, -0.1) is 0 Å². The molecular formula is C44H49FN8O4. The van der Waals surface area contributed by atoms with Crippen molar-refractivity contribution in [2.24, 2.45) is 0 Å². The second-order valence-electron chi connectivity index (χ2n) is 15.1. The molecule has 3 N–H and O–H groups in total. The third-order valence-corrected chi connectivity index (χ3v) is 11.3. The molecule has 13 heteroatoms. The molecule has 5 heterocycles. The van der Waals surface area contributed by atoms with E-state index in [-0.39, 0.29) is 30.2 Å². The third-order valence-electron chi connectivity index (χ3n) is 11.3. The molecule has 7 rings (SSSR count). The lowest BCUT2D eigenvalue weighted by atomic mass is 10.0. The summed E-state index contributed by atoms with van der Waals surface area (Å²) in [5.41, 5.74) is 5.55. The summed E-state index contributed by atoms with van der Waals surface area (Å²) in [6.07, 6.45) is 10.7. The zero-order chi connectivity index (χ0) is 40.1. The predicted octanol–water partition coefficient (Wildman–Crippen LogP) is 6.82. The summed E-state index contributed by atoms with van der Waals surface area (Å²) < 4.78 is 17.2. The first-order chi connectivity index (χ1) is 27.6. The van der Waals surface area contributed by atoms with E-state index in [0.29, 0.717) is 41.6 Å². The highest BCUT2D eigenvalue weighted by Gasteiger charge is 2.34. The first-order valence-corrected chi connectivity index (χ1v) is 19.9. The molecule has 57 heavy (non-hydrogen) atoms. The van der Waals surface area contributed by atoms with E-state index in [1.807, 2.05) is 23.7 Å². The molecule has 0 radical (unpaired) electrons. The van der Waals surface area contributed by atoms with Crippen LogP contribution in [0, 0.1) is 24.6 Å². The Balaban J connectivity index is 0.892. The maximum atomic E-state index is 15.3. The fraction of sp³-hybridized carbons (Fsp3) is 0.409. The highest BCUT2D eigenvalue weighted by Crippen LogP contribution is 2.33. The number of hydrogen-bond donors (Lipinski definition) is 3. The summed E-state index contributed by atoms with van der Waals surface area (Å²) in [7, 11) is 3.67. The van der Waals surface area contributed by atoms with Gasteiger partial charge in [0.05, 0.1) is 28.3 Å². The Hall–Kier alpha value is -5.87. The van der Waals surface area contributed by atoms with Crippen LogP contribution < -0.4 is 10.6 Å². The van der Waals surface area contributed by atoms with Crippen LogP contribution in [0.4, 0.5) is 10.2 Å². The first kappa shape index (κ1) is 39.4. The number of rotatable bonds is 15. The highest BCUT2D eigenvalue weighted by molar-refractivity contribution is 6.06. The average Bonchev–Trinajstić information content (AvgIpc) is 3.98. The minimum Gasteiger partial charge on any atom is -0.359 e. The van der Waals surface area contributed by atoms with Gasteiger partial charge in [0.1, 0.15) is 17.9 Å². The molecule has 1 saturated heterocycles. The van der Waals surface area contributed by atoms with Crippen molar-refractivity contribution >= 4 is 51.6 Å². The van der Waals surface area contributed by atoms with E-state index in [1.165, 1.54) is 11.0 Å². The Morgan fingerprint density at radius 3 is 2.74 bits per heavy atom. The number of hydrogen-bond acceptors (Lipinski definition) is 7. The standard InChI is InChI=1S/C44H49FN8O4/c1-28-33-22-36(45)34(43(56)49-41-24-37-30(25-47-41)21-38(48-37)39-16-12-19-51(39)3)23-40(33)53(50-28)20-10-8-6-4-5-7-9-13-29-14-11-15-32-35(29)26-52(44(32)57)31(27-54)17-18-42(55)46-2/h11,14-15,21-25,27,31,39,48H,4-8,10,12,16-20,26H2,1-3H3,(H,46,55)(H,47,49,56). The van der Waals surface area contributed by atoms with Crippen molar-refractivity contribution in [2.45, 2.75) is 96.3 Å². The number of aromatic amines is 1. The molecule has 0 aliphatic carbocycles. The van der Waals surface area contributed by atoms with E-state index in [1.54, 1.807) is 31.4 Å². The van der Waals surface area contributed by atoms with Gasteiger partial charge in [-0.2, -0.15) is 5.10 Å². The number of nitrogens with zero attached hydrogens (tertiary/aromatic N) is 5. The summed E-state index contributed by atoms with van der Waals surface area (Å²) in [6.45, 7) is 3.85.